The summed E-state index contributed by atoms with van der Waals surface area (Å²) in [4.78, 5) is 22.2. The molecule has 2 aromatic heterocycles. The number of nitriles is 1. The van der Waals surface area contributed by atoms with Crippen molar-refractivity contribution < 1.29 is 18.7 Å². The van der Waals surface area contributed by atoms with Gasteiger partial charge in [0.2, 0.25) is 0 Å². The number of aliphatic hydroxyl groups is 1. The van der Waals surface area contributed by atoms with Crippen LogP contribution in [0.2, 0.25) is 5.02 Å². The van der Waals surface area contributed by atoms with Crippen LogP contribution in [0.5, 0.6) is 0 Å². The fourth-order valence-corrected chi connectivity index (χ4v) is 4.11. The molecule has 0 radical (unpaired) electrons. The van der Waals surface area contributed by atoms with E-state index in [4.69, 9.17) is 11.6 Å². The molecule has 0 saturated carbocycles. The number of nitrogens with zero attached hydrogens (tertiary/aromatic N) is 6. The van der Waals surface area contributed by atoms with Gasteiger partial charge in [0.1, 0.15) is 28.8 Å². The summed E-state index contributed by atoms with van der Waals surface area (Å²) >= 11 is 6.17. The molecule has 34 heavy (non-hydrogen) atoms. The SMILES string of the molecule is C=N/C(C(C)=O)=c1/cc(Cl)cc/c1=C\c1c(C)nc2c(C#N)c(C(F)F)nn2c1N1CC(O)C1. The van der Waals surface area contributed by atoms with Crippen LogP contribution in [0.1, 0.15) is 35.9 Å². The molecule has 4 rings (SSSR count). The van der Waals surface area contributed by atoms with Gasteiger partial charge in [-0.2, -0.15) is 14.9 Å². The first kappa shape index (κ1) is 23.5. The number of ketones is 1. The Bertz CT molecular complexity index is 1500. The molecule has 0 amide bonds. The number of halogens is 3. The van der Waals surface area contributed by atoms with Crippen LogP contribution in [0.4, 0.5) is 14.6 Å². The Morgan fingerprint density at radius 3 is 2.71 bits per heavy atom. The summed E-state index contributed by atoms with van der Waals surface area (Å²) in [5.74, 6) is 0.0867. The van der Waals surface area contributed by atoms with Crippen molar-refractivity contribution in [2.75, 3.05) is 18.0 Å². The molecule has 0 bridgehead atoms. The summed E-state index contributed by atoms with van der Waals surface area (Å²) in [6, 6.07) is 6.70. The summed E-state index contributed by atoms with van der Waals surface area (Å²) in [7, 11) is 0. The van der Waals surface area contributed by atoms with Crippen molar-refractivity contribution in [2.45, 2.75) is 26.4 Å². The molecule has 11 heteroatoms. The number of Topliss-reactive ketones (excluding diaryl/α,β-unsaturated/α-hetero) is 1. The lowest BCUT2D eigenvalue weighted by atomic mass is 10.1. The van der Waals surface area contributed by atoms with Gasteiger partial charge in [0.25, 0.3) is 6.43 Å². The van der Waals surface area contributed by atoms with Gasteiger partial charge in [-0.15, -0.1) is 0 Å². The number of carbonyl (C=O) groups excluding carboxylic acids is 1. The molecular formula is C23H19ClF2N6O2. The summed E-state index contributed by atoms with van der Waals surface area (Å²) in [6.45, 7) is 7.02. The Labute approximate surface area is 197 Å². The van der Waals surface area contributed by atoms with E-state index in [9.17, 15) is 23.9 Å². The van der Waals surface area contributed by atoms with Crippen LogP contribution in [-0.4, -0.2) is 51.4 Å². The van der Waals surface area contributed by atoms with Gasteiger partial charge in [-0.25, -0.2) is 13.8 Å². The summed E-state index contributed by atoms with van der Waals surface area (Å²) in [5, 5.41) is 24.8. The molecular weight excluding hydrogens is 466 g/mol. The summed E-state index contributed by atoms with van der Waals surface area (Å²) in [5.41, 5.74) is 0.114. The average molecular weight is 485 g/mol. The number of aryl methyl sites for hydroxylation is 1. The molecule has 1 N–H and O–H groups in total. The second kappa shape index (κ2) is 8.93. The molecule has 3 aromatic rings. The topological polar surface area (TPSA) is 107 Å². The van der Waals surface area contributed by atoms with Gasteiger partial charge >= 0.3 is 0 Å². The summed E-state index contributed by atoms with van der Waals surface area (Å²) in [6.07, 6.45) is -1.84. The van der Waals surface area contributed by atoms with E-state index in [-0.39, 0.29) is 35.8 Å². The number of aliphatic hydroxyl groups excluding tert-OH is 1. The van der Waals surface area contributed by atoms with Gasteiger partial charge in [0.05, 0.1) is 11.8 Å². The number of benzene rings is 1. The van der Waals surface area contributed by atoms with E-state index in [1.54, 1.807) is 42.2 Å². The highest BCUT2D eigenvalue weighted by atomic mass is 35.5. The second-order valence-electron chi connectivity index (χ2n) is 7.84. The lowest BCUT2D eigenvalue weighted by molar-refractivity contribution is -0.112. The number of rotatable bonds is 5. The minimum atomic E-state index is -2.96. The van der Waals surface area contributed by atoms with Crippen molar-refractivity contribution in [3.63, 3.8) is 0 Å². The van der Waals surface area contributed by atoms with Crippen molar-refractivity contribution in [1.29, 1.82) is 5.26 Å². The van der Waals surface area contributed by atoms with Crippen molar-refractivity contribution in [3.8, 4) is 6.07 Å². The first-order valence-electron chi connectivity index (χ1n) is 10.2. The van der Waals surface area contributed by atoms with Gasteiger partial charge in [-0.05, 0) is 37.1 Å². The number of aliphatic imine (C=N–C) groups is 1. The van der Waals surface area contributed by atoms with Gasteiger partial charge in [0, 0.05) is 35.8 Å². The third kappa shape index (κ3) is 3.93. The van der Waals surface area contributed by atoms with Gasteiger partial charge in [-0.1, -0.05) is 17.7 Å². The Morgan fingerprint density at radius 2 is 2.15 bits per heavy atom. The number of alkyl halides is 2. The highest BCUT2D eigenvalue weighted by molar-refractivity contribution is 6.30. The zero-order valence-corrected chi connectivity index (χ0v) is 19.0. The van der Waals surface area contributed by atoms with Crippen LogP contribution >= 0.6 is 11.6 Å². The molecule has 8 nitrogen and oxygen atoms in total. The maximum absolute atomic E-state index is 13.6. The van der Waals surface area contributed by atoms with Gasteiger partial charge in [-0.3, -0.25) is 9.79 Å². The molecule has 0 spiro atoms. The van der Waals surface area contributed by atoms with Crippen molar-refractivity contribution in [2.24, 2.45) is 4.99 Å². The first-order valence-corrected chi connectivity index (χ1v) is 10.6. The molecule has 0 atom stereocenters. The predicted octanol–water partition coefficient (Wildman–Crippen LogP) is 1.91. The van der Waals surface area contributed by atoms with Gasteiger partial charge in [0.15, 0.2) is 11.4 Å². The van der Waals surface area contributed by atoms with Crippen LogP contribution in [0.25, 0.3) is 17.4 Å². The Kier molecular flexibility index (Phi) is 6.17. The molecule has 1 aliphatic rings. The zero-order valence-electron chi connectivity index (χ0n) is 18.3. The normalized spacial score (nSPS) is 15.5. The Hall–Kier alpha value is -3.68. The minimum Gasteiger partial charge on any atom is -0.389 e. The molecule has 0 aliphatic carbocycles. The monoisotopic (exact) mass is 484 g/mol. The lowest BCUT2D eigenvalue weighted by Crippen LogP contribution is -2.52. The van der Waals surface area contributed by atoms with Crippen LogP contribution in [0.15, 0.2) is 23.2 Å². The van der Waals surface area contributed by atoms with E-state index in [0.29, 0.717) is 32.5 Å². The van der Waals surface area contributed by atoms with Crippen molar-refractivity contribution in [3.05, 3.63) is 56.2 Å². The van der Waals surface area contributed by atoms with E-state index in [2.05, 4.69) is 21.8 Å². The number of aromatic nitrogens is 3. The fourth-order valence-electron chi connectivity index (χ4n) is 3.93. The standard InChI is InChI=1S/C23H19ClF2N6O2/c1-11-16(6-13-4-5-14(24)7-17(13)19(28-3)12(2)33)23(31-9-15(34)10-31)32-22(29-11)18(8-27)20(30-32)21(25)26/h4-7,15,21,34H,3,9-10H2,1-2H3/b13-6+,19-17-. The number of hydrogen-bond acceptors (Lipinski definition) is 7. The number of β-amino-alcohol motifs (C(OH)–C–C–N with tert-alkyl or cyclic N) is 1. The fraction of sp³-hybridized carbons (Fsp3) is 0.261. The maximum atomic E-state index is 13.6. The summed E-state index contributed by atoms with van der Waals surface area (Å²) < 4.78 is 28.4. The third-order valence-electron chi connectivity index (χ3n) is 5.54. The zero-order chi connectivity index (χ0) is 24.7. The number of carbonyl (C=O) groups is 1. The molecule has 1 saturated heterocycles. The van der Waals surface area contributed by atoms with Crippen molar-refractivity contribution in [1.82, 2.24) is 14.6 Å². The number of anilines is 1. The third-order valence-corrected chi connectivity index (χ3v) is 5.77. The molecule has 1 fully saturated rings. The number of hydrogen-bond donors (Lipinski definition) is 1. The maximum Gasteiger partial charge on any atom is 0.283 e. The molecule has 174 valence electrons. The molecule has 1 aliphatic heterocycles. The Balaban J connectivity index is 2.13. The van der Waals surface area contributed by atoms with Crippen LogP contribution in [-0.2, 0) is 4.79 Å². The van der Waals surface area contributed by atoms with Crippen molar-refractivity contribution >= 4 is 47.3 Å². The highest BCUT2D eigenvalue weighted by Crippen LogP contribution is 2.32. The smallest absolute Gasteiger partial charge is 0.283 e. The molecule has 0 unspecified atom stereocenters. The predicted molar refractivity (Wildman–Crippen MR) is 124 cm³/mol. The van der Waals surface area contributed by atoms with E-state index in [1.165, 1.54) is 11.4 Å². The largest absolute Gasteiger partial charge is 0.389 e. The lowest BCUT2D eigenvalue weighted by Gasteiger charge is -2.38. The van der Waals surface area contributed by atoms with E-state index in [1.807, 2.05) is 0 Å². The number of fused-ring (bicyclic) bond motifs is 1. The average Bonchev–Trinajstić information content (AvgIpc) is 3.12. The highest BCUT2D eigenvalue weighted by Gasteiger charge is 2.32. The second-order valence-corrected chi connectivity index (χ2v) is 8.28. The van der Waals surface area contributed by atoms with E-state index < -0.39 is 18.2 Å². The molecule has 3 heterocycles. The quantitative estimate of drug-likeness (QED) is 0.554. The van der Waals surface area contributed by atoms with Crippen LogP contribution in [0, 0.1) is 18.3 Å². The van der Waals surface area contributed by atoms with Crippen LogP contribution in [0.3, 0.4) is 0 Å². The van der Waals surface area contributed by atoms with Crippen LogP contribution < -0.4 is 15.3 Å². The van der Waals surface area contributed by atoms with E-state index in [0.717, 1.165) is 0 Å². The van der Waals surface area contributed by atoms with E-state index >= 15 is 0 Å². The molecule has 1 aromatic carbocycles. The first-order chi connectivity index (χ1) is 16.2. The Morgan fingerprint density at radius 1 is 1.44 bits per heavy atom. The minimum absolute atomic E-state index is 0.00363. The van der Waals surface area contributed by atoms with Gasteiger partial charge < -0.3 is 10.0 Å².